The van der Waals surface area contributed by atoms with E-state index < -0.39 is 12.1 Å². The zero-order chi connectivity index (χ0) is 18.0. The molecule has 0 aromatic carbocycles. The molecule has 0 aromatic heterocycles. The number of carbonyl (C=O) groups is 2. The number of unbranched alkanes of at least 4 members (excludes halogenated alkanes) is 1. The van der Waals surface area contributed by atoms with E-state index in [4.69, 9.17) is 5.11 Å². The van der Waals surface area contributed by atoms with Crippen molar-refractivity contribution in [2.24, 2.45) is 0 Å². The molecule has 0 spiro atoms. The summed E-state index contributed by atoms with van der Waals surface area (Å²) in [4.78, 5) is 22.0. The van der Waals surface area contributed by atoms with Gasteiger partial charge in [0.25, 0.3) is 0 Å². The molecule has 134 valence electrons. The average Bonchev–Trinajstić information content (AvgIpc) is 2.55. The minimum Gasteiger partial charge on any atom is -0.481 e. The lowest BCUT2D eigenvalue weighted by atomic mass is 10.1. The van der Waals surface area contributed by atoms with E-state index in [1.807, 2.05) is 49.5 Å². The summed E-state index contributed by atoms with van der Waals surface area (Å²) < 4.78 is 0. The summed E-state index contributed by atoms with van der Waals surface area (Å²) >= 11 is 0. The van der Waals surface area contributed by atoms with Crippen LogP contribution in [0.4, 0.5) is 0 Å². The molecule has 0 amide bonds. The van der Waals surface area contributed by atoms with E-state index in [9.17, 15) is 14.7 Å². The lowest BCUT2D eigenvalue weighted by Gasteiger charge is -2.03. The van der Waals surface area contributed by atoms with Crippen LogP contribution in [0.25, 0.3) is 0 Å². The van der Waals surface area contributed by atoms with Crippen LogP contribution in [0.2, 0.25) is 0 Å². The monoisotopic (exact) mass is 334 g/mol. The third-order valence-corrected chi connectivity index (χ3v) is 3.26. The third kappa shape index (κ3) is 15.0. The lowest BCUT2D eigenvalue weighted by Crippen LogP contribution is -2.18. The Bertz CT molecular complexity index is 458. The number of aliphatic hydroxyl groups excluding tert-OH is 1. The number of allylic oxidation sites excluding steroid dienone is 7. The van der Waals surface area contributed by atoms with Crippen LogP contribution in [-0.4, -0.2) is 28.1 Å². The Kier molecular flexibility index (Phi) is 14.6. The quantitative estimate of drug-likeness (QED) is 0.365. The molecule has 0 aliphatic rings. The number of Topliss-reactive ketones (excluding diaryl/α,β-unsaturated/α-hetero) is 1. The maximum atomic E-state index is 11.6. The van der Waals surface area contributed by atoms with Crippen molar-refractivity contribution >= 4 is 11.8 Å². The second-order valence-corrected chi connectivity index (χ2v) is 5.47. The second kappa shape index (κ2) is 15.9. The van der Waals surface area contributed by atoms with Crippen LogP contribution in [0.15, 0.2) is 48.6 Å². The number of aliphatic carboxylic acids is 1. The smallest absolute Gasteiger partial charge is 0.303 e. The van der Waals surface area contributed by atoms with Crippen molar-refractivity contribution in [1.82, 2.24) is 0 Å². The molecule has 4 heteroatoms. The van der Waals surface area contributed by atoms with E-state index >= 15 is 0 Å². The minimum atomic E-state index is -0.903. The van der Waals surface area contributed by atoms with Gasteiger partial charge in [-0.25, -0.2) is 0 Å². The summed E-state index contributed by atoms with van der Waals surface area (Å²) in [6.07, 6.45) is 19.5. The Balaban J connectivity index is 3.70. The van der Waals surface area contributed by atoms with Crippen LogP contribution in [0.1, 0.15) is 58.3 Å². The lowest BCUT2D eigenvalue weighted by molar-refractivity contribution is -0.137. The van der Waals surface area contributed by atoms with Gasteiger partial charge in [0, 0.05) is 12.8 Å². The highest BCUT2D eigenvalue weighted by atomic mass is 16.4. The van der Waals surface area contributed by atoms with Gasteiger partial charge in [-0.05, 0) is 38.5 Å². The van der Waals surface area contributed by atoms with Crippen molar-refractivity contribution in [2.45, 2.75) is 64.4 Å². The first-order valence-electron chi connectivity index (χ1n) is 8.60. The molecule has 2 N–H and O–H groups in total. The Hall–Kier alpha value is -1.94. The van der Waals surface area contributed by atoms with Crippen molar-refractivity contribution in [3.63, 3.8) is 0 Å². The van der Waals surface area contributed by atoms with Gasteiger partial charge in [0.15, 0.2) is 5.78 Å². The maximum Gasteiger partial charge on any atom is 0.303 e. The standard InChI is InChI=1S/C20H30O4/c1-2-3-12-15-18(21)19(22)16-13-10-8-6-4-5-7-9-11-14-17-20(23)24/h3-4,6-7,9-10,12-13,18,21H,2,5,8,11,14-17H2,1H3,(H,23,24)/b6-4-,9-7-,12-3-,13-10-. The van der Waals surface area contributed by atoms with Gasteiger partial charge in [-0.2, -0.15) is 0 Å². The number of carbonyl (C=O) groups excluding carboxylic acids is 1. The zero-order valence-corrected chi connectivity index (χ0v) is 14.6. The normalized spacial score (nSPS) is 13.6. The summed E-state index contributed by atoms with van der Waals surface area (Å²) in [6.45, 7) is 2.01. The molecular formula is C20H30O4. The summed E-state index contributed by atoms with van der Waals surface area (Å²) in [6, 6.07) is 0. The molecule has 0 rings (SSSR count). The van der Waals surface area contributed by atoms with Gasteiger partial charge < -0.3 is 10.2 Å². The number of carboxylic acid groups (broad SMARTS) is 1. The fraction of sp³-hybridized carbons (Fsp3) is 0.500. The van der Waals surface area contributed by atoms with Gasteiger partial charge in [-0.3, -0.25) is 9.59 Å². The van der Waals surface area contributed by atoms with Gasteiger partial charge in [0.2, 0.25) is 0 Å². The van der Waals surface area contributed by atoms with E-state index in [0.717, 1.165) is 25.7 Å². The Morgan fingerprint density at radius 1 is 0.917 bits per heavy atom. The minimum absolute atomic E-state index is 0.153. The van der Waals surface area contributed by atoms with E-state index in [0.29, 0.717) is 12.8 Å². The number of rotatable bonds is 14. The van der Waals surface area contributed by atoms with Gasteiger partial charge in [-0.1, -0.05) is 55.5 Å². The molecule has 0 radical (unpaired) electrons. The Labute approximate surface area is 145 Å². The third-order valence-electron chi connectivity index (χ3n) is 3.26. The topological polar surface area (TPSA) is 74.6 Å². The number of hydrogen-bond donors (Lipinski definition) is 2. The molecule has 24 heavy (non-hydrogen) atoms. The second-order valence-electron chi connectivity index (χ2n) is 5.47. The Morgan fingerprint density at radius 3 is 2.17 bits per heavy atom. The van der Waals surface area contributed by atoms with Crippen LogP contribution >= 0.6 is 0 Å². The van der Waals surface area contributed by atoms with Crippen molar-refractivity contribution in [1.29, 1.82) is 0 Å². The molecule has 1 atom stereocenters. The van der Waals surface area contributed by atoms with Crippen molar-refractivity contribution in [3.8, 4) is 0 Å². The summed E-state index contributed by atoms with van der Waals surface area (Å²) in [5, 5.41) is 18.1. The molecule has 0 aliphatic heterocycles. The van der Waals surface area contributed by atoms with Gasteiger partial charge in [0.05, 0.1) is 0 Å². The maximum absolute atomic E-state index is 11.6. The zero-order valence-electron chi connectivity index (χ0n) is 14.6. The molecule has 0 aliphatic carbocycles. The van der Waals surface area contributed by atoms with Gasteiger partial charge >= 0.3 is 5.97 Å². The molecule has 0 heterocycles. The summed E-state index contributed by atoms with van der Waals surface area (Å²) in [7, 11) is 0. The van der Waals surface area contributed by atoms with Crippen molar-refractivity contribution in [2.75, 3.05) is 0 Å². The highest BCUT2D eigenvalue weighted by Crippen LogP contribution is 2.02. The fourth-order valence-corrected chi connectivity index (χ4v) is 1.89. The largest absolute Gasteiger partial charge is 0.481 e. The van der Waals surface area contributed by atoms with Gasteiger partial charge in [0.1, 0.15) is 6.10 Å². The molecular weight excluding hydrogens is 304 g/mol. The number of carboxylic acids is 1. The molecule has 4 nitrogen and oxygen atoms in total. The van der Waals surface area contributed by atoms with Crippen molar-refractivity contribution in [3.05, 3.63) is 48.6 Å². The Morgan fingerprint density at radius 2 is 1.54 bits per heavy atom. The highest BCUT2D eigenvalue weighted by molar-refractivity contribution is 5.84. The van der Waals surface area contributed by atoms with Crippen LogP contribution in [0, 0.1) is 0 Å². The van der Waals surface area contributed by atoms with Crippen LogP contribution in [0.5, 0.6) is 0 Å². The molecule has 0 saturated carbocycles. The first-order chi connectivity index (χ1) is 11.6. The van der Waals surface area contributed by atoms with Crippen LogP contribution < -0.4 is 0 Å². The SMILES string of the molecule is CC/C=C\CC(O)C(=O)C/C=C\C/C=C\C/C=C\CCCC(=O)O. The average molecular weight is 334 g/mol. The van der Waals surface area contributed by atoms with E-state index in [2.05, 4.69) is 0 Å². The summed E-state index contributed by atoms with van der Waals surface area (Å²) in [5.74, 6) is -0.904. The molecule has 0 fully saturated rings. The summed E-state index contributed by atoms with van der Waals surface area (Å²) in [5.41, 5.74) is 0. The van der Waals surface area contributed by atoms with E-state index in [-0.39, 0.29) is 18.6 Å². The number of aliphatic hydroxyl groups is 1. The first-order valence-corrected chi connectivity index (χ1v) is 8.60. The molecule has 0 bridgehead atoms. The molecule has 0 aromatic rings. The first kappa shape index (κ1) is 22.1. The molecule has 0 saturated heterocycles. The van der Waals surface area contributed by atoms with E-state index in [1.54, 1.807) is 6.08 Å². The number of hydrogen-bond acceptors (Lipinski definition) is 3. The predicted molar refractivity (Wildman–Crippen MR) is 97.8 cm³/mol. The van der Waals surface area contributed by atoms with Crippen molar-refractivity contribution < 1.29 is 19.8 Å². The van der Waals surface area contributed by atoms with E-state index in [1.165, 1.54) is 0 Å². The fourth-order valence-electron chi connectivity index (χ4n) is 1.89. The highest BCUT2D eigenvalue weighted by Gasteiger charge is 2.10. The predicted octanol–water partition coefficient (Wildman–Crippen LogP) is 4.37. The number of ketones is 1. The van der Waals surface area contributed by atoms with Crippen LogP contribution in [0.3, 0.4) is 0 Å². The van der Waals surface area contributed by atoms with Crippen LogP contribution in [-0.2, 0) is 9.59 Å². The molecule has 1 unspecified atom stereocenters. The van der Waals surface area contributed by atoms with Gasteiger partial charge in [-0.15, -0.1) is 0 Å².